The maximum Gasteiger partial charge on any atom is 0.302 e. The Morgan fingerprint density at radius 1 is 0.602 bits per heavy atom. The van der Waals surface area contributed by atoms with E-state index in [0.29, 0.717) is 87.8 Å². The van der Waals surface area contributed by atoms with Crippen molar-refractivity contribution in [1.82, 2.24) is 0 Å². The van der Waals surface area contributed by atoms with E-state index in [1.54, 1.807) is 18.1 Å². The predicted molar refractivity (Wildman–Crippen MR) is 362 cm³/mol. The van der Waals surface area contributed by atoms with E-state index in [1.807, 2.05) is 0 Å². The Morgan fingerprint density at radius 3 is 1.67 bits per heavy atom. The minimum absolute atomic E-state index is 0.0643. The van der Waals surface area contributed by atoms with Gasteiger partial charge >= 0.3 is 11.9 Å². The zero-order valence-electron chi connectivity index (χ0n) is 59.9. The normalized spacial score (nSPS) is 47.8. The molecule has 1 spiro atoms. The molecule has 0 aromatic carbocycles. The summed E-state index contributed by atoms with van der Waals surface area (Å²) in [7, 11) is 0. The van der Waals surface area contributed by atoms with Gasteiger partial charge in [-0.15, -0.1) is 0 Å². The number of esters is 2. The van der Waals surface area contributed by atoms with Crippen molar-refractivity contribution in [1.29, 1.82) is 0 Å². The number of carbonyl (C=O) groups is 4. The number of hydrogen-bond donors (Lipinski definition) is 3. The van der Waals surface area contributed by atoms with E-state index in [-0.39, 0.29) is 52.7 Å². The molecule has 2 saturated heterocycles. The molecule has 12 aliphatic carbocycles. The number of ether oxygens (including phenoxy) is 5. The largest absolute Gasteiger partial charge is 0.494 e. The minimum atomic E-state index is -0.833. The first-order valence-corrected chi connectivity index (χ1v) is 37.7. The fourth-order valence-corrected chi connectivity index (χ4v) is 25.7. The molecule has 0 amide bonds. The van der Waals surface area contributed by atoms with E-state index in [0.717, 1.165) is 145 Å². The molecule has 3 aliphatic heterocycles. The number of hydrogen-bond acceptors (Lipinski definition) is 11. The van der Waals surface area contributed by atoms with Crippen LogP contribution in [0, 0.1) is 115 Å². The summed E-state index contributed by atoms with van der Waals surface area (Å²) in [6.07, 6.45) is 38.5. The van der Waals surface area contributed by atoms with E-state index in [1.165, 1.54) is 101 Å². The van der Waals surface area contributed by atoms with Crippen LogP contribution >= 0.6 is 0 Å². The minimum Gasteiger partial charge on any atom is -0.494 e. The van der Waals surface area contributed by atoms with Crippen LogP contribution in [0.25, 0.3) is 0 Å². The molecule has 93 heavy (non-hydrogen) atoms. The quantitative estimate of drug-likeness (QED) is 0.163. The molecule has 3 heterocycles. The number of aliphatic carboxylic acids is 1. The van der Waals surface area contributed by atoms with Crippen LogP contribution in [0.3, 0.4) is 0 Å². The lowest BCUT2D eigenvalue weighted by Crippen LogP contribution is -2.52. The monoisotopic (exact) mass is 1290 g/mol. The first-order chi connectivity index (χ1) is 43.9. The molecule has 11 unspecified atom stereocenters. The lowest BCUT2D eigenvalue weighted by molar-refractivity contribution is -0.272. The molecule has 12 heteroatoms. The van der Waals surface area contributed by atoms with E-state index in [9.17, 15) is 24.6 Å². The van der Waals surface area contributed by atoms with Gasteiger partial charge < -0.3 is 39.0 Å². The third kappa shape index (κ3) is 12.1. The third-order valence-corrected chi connectivity index (χ3v) is 30.4. The number of Topliss-reactive ketones (excluding diaryl/α,β-unsaturated/α-hetero) is 1. The van der Waals surface area contributed by atoms with Crippen LogP contribution in [-0.4, -0.2) is 88.5 Å². The molecule has 0 aromatic rings. The molecule has 0 aromatic heterocycles. The summed E-state index contributed by atoms with van der Waals surface area (Å²) in [5.74, 6) is 9.42. The molecule has 15 rings (SSSR count). The van der Waals surface area contributed by atoms with Crippen molar-refractivity contribution in [3.63, 3.8) is 0 Å². The van der Waals surface area contributed by atoms with Gasteiger partial charge in [0.05, 0.1) is 37.3 Å². The molecule has 8 saturated carbocycles. The van der Waals surface area contributed by atoms with Crippen molar-refractivity contribution in [3.05, 3.63) is 57.9 Å². The molecule has 3 N–H and O–H groups in total. The van der Waals surface area contributed by atoms with Crippen LogP contribution in [-0.2, 0) is 42.9 Å². The maximum atomic E-state index is 12.1. The topological polar surface area (TPSA) is 175 Å². The van der Waals surface area contributed by atoms with Crippen molar-refractivity contribution in [2.24, 2.45) is 115 Å². The zero-order valence-corrected chi connectivity index (χ0v) is 59.9. The van der Waals surface area contributed by atoms with Gasteiger partial charge in [0.1, 0.15) is 12.2 Å². The second kappa shape index (κ2) is 25.9. The van der Waals surface area contributed by atoms with Crippen LogP contribution in [0.2, 0.25) is 0 Å². The Morgan fingerprint density at radius 2 is 1.12 bits per heavy atom. The first-order valence-electron chi connectivity index (χ1n) is 37.7. The van der Waals surface area contributed by atoms with Crippen LogP contribution in [0.5, 0.6) is 0 Å². The lowest BCUT2D eigenvalue weighted by atomic mass is 9.47. The number of ketones is 1. The second-order valence-electron chi connectivity index (χ2n) is 35.4. The van der Waals surface area contributed by atoms with Crippen LogP contribution < -0.4 is 0 Å². The highest BCUT2D eigenvalue weighted by atomic mass is 16.7. The summed E-state index contributed by atoms with van der Waals surface area (Å²) in [6.45, 7) is 31.5. The number of carboxylic acids is 1. The zero-order chi connectivity index (χ0) is 66.7. The van der Waals surface area contributed by atoms with Gasteiger partial charge in [-0.25, -0.2) is 0 Å². The van der Waals surface area contributed by atoms with Gasteiger partial charge in [0.15, 0.2) is 11.6 Å². The van der Waals surface area contributed by atoms with Crippen LogP contribution in [0.4, 0.5) is 0 Å². The van der Waals surface area contributed by atoms with Crippen molar-refractivity contribution in [2.75, 3.05) is 13.2 Å². The predicted octanol–water partition coefficient (Wildman–Crippen LogP) is 17.0. The van der Waals surface area contributed by atoms with Crippen molar-refractivity contribution in [2.45, 2.75) is 294 Å². The summed E-state index contributed by atoms with van der Waals surface area (Å²) in [5, 5.41) is 27.7. The highest BCUT2D eigenvalue weighted by Gasteiger charge is 2.69. The standard InChI is InChI=1S/C31H46O5.C27H42O3.C21H30O2.C2H4O2/c1-18(17-34-20(3)32)7-10-27-19(2)29-28(36-27)16-26-24-9-8-22-15-23(35-21(4)33)11-13-30(22,5)25(24)12-14-31(26,29)6;1-16-7-12-27(29-15-16)17(2)24-23(30-27)14-22-20-6-5-18-13-19(28)8-10-25(18,3)21(20)9-11-26(22,24)4;1-13(22)17-6-7-18-16-5-4-14-12-15(23)8-10-20(14,2)19(16)9-11-21(17,18)3;1-2(3)4/h8,18,23-26,28-29H,7,9-17H2,1-6H3;5,16-17,19-24,28H,6-15H2,1-4H3;4,6,15-16,18-19,23H,5,7-12H2,1-3H3;1H3,(H,3,4)/t18?,23-,24?,25?,26?,28-,29-,30-,31-;16?,17-,19-,20?,21?,22?,23-,24-,25-,26-,27+;15-,16?,18?,19?,20-,21+;/m000./s1. The Kier molecular flexibility index (Phi) is 19.3. The lowest BCUT2D eigenvalue weighted by Gasteiger charge is -2.58. The molecule has 12 nitrogen and oxygen atoms in total. The summed E-state index contributed by atoms with van der Waals surface area (Å²) in [4.78, 5) is 43.8. The Labute approximate surface area is 559 Å². The van der Waals surface area contributed by atoms with Gasteiger partial charge in [0.25, 0.3) is 5.97 Å². The van der Waals surface area contributed by atoms with Gasteiger partial charge in [-0.2, -0.15) is 0 Å². The molecular formula is C81H122O12. The van der Waals surface area contributed by atoms with E-state index < -0.39 is 5.97 Å². The van der Waals surface area contributed by atoms with Gasteiger partial charge in [-0.05, 0) is 270 Å². The number of carbonyl (C=O) groups excluding carboxylic acids is 3. The highest BCUT2D eigenvalue weighted by Crippen LogP contribution is 2.73. The molecule has 0 radical (unpaired) electrons. The first kappa shape index (κ1) is 69.3. The molecular weight excluding hydrogens is 1160 g/mol. The Bertz CT molecular complexity index is 3010. The number of fused-ring (bicyclic) bond motifs is 19. The fraction of sp³-hybridized carbons (Fsp3) is 0.827. The molecule has 15 aliphatic rings. The highest BCUT2D eigenvalue weighted by molar-refractivity contribution is 5.95. The molecule has 26 atom stereocenters. The van der Waals surface area contributed by atoms with Gasteiger partial charge in [0, 0.05) is 51.9 Å². The summed E-state index contributed by atoms with van der Waals surface area (Å²) in [5.41, 5.74) is 8.98. The smallest absolute Gasteiger partial charge is 0.302 e. The molecule has 10 fully saturated rings. The molecule has 518 valence electrons. The second-order valence-corrected chi connectivity index (χ2v) is 35.4. The van der Waals surface area contributed by atoms with E-state index in [2.05, 4.69) is 93.5 Å². The van der Waals surface area contributed by atoms with Crippen molar-refractivity contribution < 1.29 is 58.2 Å². The number of aliphatic hydroxyl groups excluding tert-OH is 2. The van der Waals surface area contributed by atoms with E-state index in [4.69, 9.17) is 33.6 Å². The maximum absolute atomic E-state index is 12.1. The average Bonchev–Trinajstić information content (AvgIpc) is 1.60. The average molecular weight is 1290 g/mol. The summed E-state index contributed by atoms with van der Waals surface area (Å²) in [6, 6.07) is 0. The molecule has 0 bridgehead atoms. The fourth-order valence-electron chi connectivity index (χ4n) is 25.7. The number of rotatable bonds is 7. The van der Waals surface area contributed by atoms with Crippen molar-refractivity contribution >= 4 is 23.7 Å². The Balaban J connectivity index is 0.000000133. The van der Waals surface area contributed by atoms with Gasteiger partial charge in [-0.1, -0.05) is 103 Å². The number of allylic oxidation sites excluding steroid dienone is 6. The van der Waals surface area contributed by atoms with Crippen LogP contribution in [0.15, 0.2) is 57.9 Å². The van der Waals surface area contributed by atoms with E-state index >= 15 is 0 Å². The Hall–Kier alpha value is -3.58. The SMILES string of the molecule is CC(=O)C1=CCC2C3CC=C4C[C@@H](O)CC[C@]4(C)C3CC[C@]12C.CC(=O)O.CC(=O)OCC(C)CCC1=C(C)[C@H]2[C@H](CC3C4CC=C5C[C@@H](OC(C)=O)CC[C@]5(C)C4CC[C@@]32C)O1.CC1CC[C@@]2(OC1)O[C@H]1CC3C4CC=C5C[C@@H](O)CC[C@]5(C)C4CC[C@]3(C)[C@H]1[C@@H]2C. The number of carboxylic acid groups (broad SMARTS) is 1. The van der Waals surface area contributed by atoms with Gasteiger partial charge in [-0.3, -0.25) is 19.2 Å². The van der Waals surface area contributed by atoms with Crippen molar-refractivity contribution in [3.8, 4) is 0 Å². The number of aliphatic hydroxyl groups is 2. The van der Waals surface area contributed by atoms with Gasteiger partial charge in [0.2, 0.25) is 0 Å². The van der Waals surface area contributed by atoms with Crippen LogP contribution in [0.1, 0.15) is 257 Å². The summed E-state index contributed by atoms with van der Waals surface area (Å²) >= 11 is 0. The summed E-state index contributed by atoms with van der Waals surface area (Å²) < 4.78 is 30.9. The third-order valence-electron chi connectivity index (χ3n) is 30.4.